The highest BCUT2D eigenvalue weighted by Crippen LogP contribution is 2.04. The number of amides is 1. The predicted molar refractivity (Wildman–Crippen MR) is 78.5 cm³/mol. The third kappa shape index (κ3) is 14.9. The highest BCUT2D eigenvalue weighted by molar-refractivity contribution is 6.04. The number of hydrogen-bond acceptors (Lipinski definition) is 2. The van der Waals surface area contributed by atoms with Gasteiger partial charge in [-0.05, 0) is 19.8 Å². The van der Waals surface area contributed by atoms with Crippen molar-refractivity contribution in [2.75, 3.05) is 7.05 Å². The molecule has 0 aromatic rings. The molecular weight excluding hydrogens is 212 g/mol. The van der Waals surface area contributed by atoms with E-state index in [0.29, 0.717) is 11.4 Å². The quantitative estimate of drug-likeness (QED) is 0.452. The Bertz CT molecular complexity index is 220. The van der Waals surface area contributed by atoms with Crippen molar-refractivity contribution in [2.24, 2.45) is 4.99 Å². The van der Waals surface area contributed by atoms with Gasteiger partial charge in [-0.15, -0.1) is 0 Å². The normalized spacial score (nSPS) is 9.24. The third-order valence-electron chi connectivity index (χ3n) is 1.78. The molecule has 0 saturated heterocycles. The summed E-state index contributed by atoms with van der Waals surface area (Å²) >= 11 is 0. The van der Waals surface area contributed by atoms with E-state index in [1.165, 1.54) is 0 Å². The molecule has 17 heavy (non-hydrogen) atoms. The lowest BCUT2D eigenvalue weighted by Gasteiger charge is -2.05. The van der Waals surface area contributed by atoms with Crippen molar-refractivity contribution in [3.8, 4) is 0 Å². The molecule has 0 spiro atoms. The zero-order valence-electron chi connectivity index (χ0n) is 12.7. The van der Waals surface area contributed by atoms with Crippen molar-refractivity contribution in [3.05, 3.63) is 12.2 Å². The molecule has 1 amide bonds. The highest BCUT2D eigenvalue weighted by atomic mass is 16.1. The van der Waals surface area contributed by atoms with E-state index in [4.69, 9.17) is 0 Å². The Morgan fingerprint density at radius 3 is 2.06 bits per heavy atom. The first-order chi connectivity index (χ1) is 8.11. The number of carbonyl (C=O) groups is 1. The molecule has 0 aliphatic heterocycles. The summed E-state index contributed by atoms with van der Waals surface area (Å²) in [6, 6.07) is 0. The summed E-state index contributed by atoms with van der Waals surface area (Å²) in [5, 5.41) is 2.65. The van der Waals surface area contributed by atoms with Gasteiger partial charge in [0.05, 0.1) is 5.84 Å². The van der Waals surface area contributed by atoms with E-state index in [9.17, 15) is 4.79 Å². The molecule has 0 rings (SSSR count). The second-order valence-corrected chi connectivity index (χ2v) is 2.97. The number of amidine groups is 1. The van der Waals surface area contributed by atoms with E-state index in [0.717, 1.165) is 19.3 Å². The van der Waals surface area contributed by atoms with Crippen LogP contribution in [-0.4, -0.2) is 18.8 Å². The minimum Gasteiger partial charge on any atom is -0.311 e. The van der Waals surface area contributed by atoms with Crippen LogP contribution < -0.4 is 5.32 Å². The molecule has 0 atom stereocenters. The predicted octanol–water partition coefficient (Wildman–Crippen LogP) is 3.95. The largest absolute Gasteiger partial charge is 0.311 e. The van der Waals surface area contributed by atoms with E-state index in [1.54, 1.807) is 14.0 Å². The summed E-state index contributed by atoms with van der Waals surface area (Å²) in [4.78, 5) is 15.2. The summed E-state index contributed by atoms with van der Waals surface area (Å²) < 4.78 is 0. The average molecular weight is 242 g/mol. The molecule has 0 bridgehead atoms. The first kappa shape index (κ1) is 21.2. The van der Waals surface area contributed by atoms with E-state index in [2.05, 4.69) is 23.8 Å². The van der Waals surface area contributed by atoms with E-state index in [1.807, 2.05) is 27.7 Å². The fraction of sp³-hybridized carbons (Fsp3) is 0.714. The fourth-order valence-electron chi connectivity index (χ4n) is 0.812. The maximum Gasteiger partial charge on any atom is 0.251 e. The molecule has 1 N–H and O–H groups in total. The van der Waals surface area contributed by atoms with Crippen molar-refractivity contribution >= 4 is 11.7 Å². The van der Waals surface area contributed by atoms with Gasteiger partial charge in [0.2, 0.25) is 0 Å². The molecule has 0 aliphatic rings. The van der Waals surface area contributed by atoms with Crippen LogP contribution in [0.2, 0.25) is 0 Å². The molecule has 3 heteroatoms. The van der Waals surface area contributed by atoms with Crippen LogP contribution in [0.4, 0.5) is 0 Å². The van der Waals surface area contributed by atoms with Crippen LogP contribution in [0.3, 0.4) is 0 Å². The van der Waals surface area contributed by atoms with Crippen LogP contribution in [0.15, 0.2) is 17.1 Å². The van der Waals surface area contributed by atoms with Gasteiger partial charge < -0.3 is 5.32 Å². The molecule has 0 fully saturated rings. The molecule has 0 aromatic heterocycles. The van der Waals surface area contributed by atoms with Gasteiger partial charge in [0.1, 0.15) is 0 Å². The number of aliphatic imine (C=N–C) groups is 1. The number of hydrogen-bond donors (Lipinski definition) is 1. The molecule has 0 heterocycles. The summed E-state index contributed by atoms with van der Waals surface area (Å²) in [6.07, 6.45) is 2.85. The van der Waals surface area contributed by atoms with Crippen molar-refractivity contribution in [1.29, 1.82) is 0 Å². The molecule has 0 aliphatic carbocycles. The summed E-state index contributed by atoms with van der Waals surface area (Å²) in [6.45, 7) is 15.6. The molecular formula is C14H30N2O. The molecule has 0 radical (unpaired) electrons. The van der Waals surface area contributed by atoms with Gasteiger partial charge in [0, 0.05) is 12.6 Å². The Labute approximate surface area is 107 Å². The molecule has 3 nitrogen and oxygen atoms in total. The lowest BCUT2D eigenvalue weighted by atomic mass is 10.1. The SMILES string of the molecule is C=C(CCCC)C(=O)NC(C)=NC.CC.CC. The Morgan fingerprint density at radius 1 is 1.24 bits per heavy atom. The average Bonchev–Trinajstić information content (AvgIpc) is 2.40. The number of rotatable bonds is 4. The summed E-state index contributed by atoms with van der Waals surface area (Å²) in [7, 11) is 1.64. The van der Waals surface area contributed by atoms with E-state index in [-0.39, 0.29) is 5.91 Å². The monoisotopic (exact) mass is 242 g/mol. The van der Waals surface area contributed by atoms with Crippen LogP contribution in [-0.2, 0) is 4.79 Å². The second kappa shape index (κ2) is 17.3. The molecule has 0 unspecified atom stereocenters. The molecule has 0 saturated carbocycles. The Balaban J connectivity index is -0.000000439. The topological polar surface area (TPSA) is 41.5 Å². The maximum absolute atomic E-state index is 11.3. The minimum absolute atomic E-state index is 0.114. The second-order valence-electron chi connectivity index (χ2n) is 2.97. The summed E-state index contributed by atoms with van der Waals surface area (Å²) in [5.74, 6) is 0.513. The Hall–Kier alpha value is -1.12. The lowest BCUT2D eigenvalue weighted by Crippen LogP contribution is -2.29. The van der Waals surface area contributed by atoms with Gasteiger partial charge in [-0.3, -0.25) is 9.79 Å². The van der Waals surface area contributed by atoms with Crippen LogP contribution in [0.5, 0.6) is 0 Å². The number of nitrogens with zero attached hydrogens (tertiary/aromatic N) is 1. The molecule has 102 valence electrons. The van der Waals surface area contributed by atoms with E-state index >= 15 is 0 Å². The highest BCUT2D eigenvalue weighted by Gasteiger charge is 2.05. The first-order valence-electron chi connectivity index (χ1n) is 6.54. The maximum atomic E-state index is 11.3. The van der Waals surface area contributed by atoms with E-state index < -0.39 is 0 Å². The molecule has 0 aromatic carbocycles. The van der Waals surface area contributed by atoms with Crippen LogP contribution in [0, 0.1) is 0 Å². The first-order valence-corrected chi connectivity index (χ1v) is 6.54. The smallest absolute Gasteiger partial charge is 0.251 e. The standard InChI is InChI=1S/C10H18N2O.2C2H6/c1-5-6-7-8(2)10(13)12-9(3)11-4;2*1-2/h2,5-7H2,1,3-4H3,(H,11,12,13);2*1-2H3. The van der Waals surface area contributed by atoms with Crippen LogP contribution in [0.25, 0.3) is 0 Å². The van der Waals surface area contributed by atoms with Crippen LogP contribution in [0.1, 0.15) is 60.8 Å². The van der Waals surface area contributed by atoms with Crippen LogP contribution >= 0.6 is 0 Å². The van der Waals surface area contributed by atoms with Gasteiger partial charge in [-0.1, -0.05) is 47.6 Å². The Morgan fingerprint density at radius 2 is 1.71 bits per heavy atom. The van der Waals surface area contributed by atoms with Crippen molar-refractivity contribution in [1.82, 2.24) is 5.32 Å². The Kier molecular flexibility index (Phi) is 21.5. The van der Waals surface area contributed by atoms with Gasteiger partial charge in [0.15, 0.2) is 0 Å². The van der Waals surface area contributed by atoms with Gasteiger partial charge in [-0.25, -0.2) is 0 Å². The van der Waals surface area contributed by atoms with Crippen molar-refractivity contribution < 1.29 is 4.79 Å². The number of carbonyl (C=O) groups excluding carboxylic acids is 1. The summed E-state index contributed by atoms with van der Waals surface area (Å²) in [5.41, 5.74) is 0.629. The van der Waals surface area contributed by atoms with Gasteiger partial charge >= 0.3 is 0 Å². The van der Waals surface area contributed by atoms with Crippen molar-refractivity contribution in [3.63, 3.8) is 0 Å². The van der Waals surface area contributed by atoms with Gasteiger partial charge in [-0.2, -0.15) is 0 Å². The van der Waals surface area contributed by atoms with Gasteiger partial charge in [0.25, 0.3) is 5.91 Å². The number of nitrogens with one attached hydrogen (secondary N) is 1. The zero-order valence-corrected chi connectivity index (χ0v) is 12.7. The minimum atomic E-state index is -0.114. The zero-order chi connectivity index (χ0) is 14.3. The fourth-order valence-corrected chi connectivity index (χ4v) is 0.812. The lowest BCUT2D eigenvalue weighted by molar-refractivity contribution is -0.116. The van der Waals surface area contributed by atoms with Crippen molar-refractivity contribution in [2.45, 2.75) is 60.8 Å². The number of unbranched alkanes of at least 4 members (excludes halogenated alkanes) is 1. The third-order valence-corrected chi connectivity index (χ3v) is 1.78.